The molecule has 24 heavy (non-hydrogen) atoms. The smallest absolute Gasteiger partial charge is 0.342 e. The van der Waals surface area contributed by atoms with Crippen molar-refractivity contribution >= 4 is 23.5 Å². The summed E-state index contributed by atoms with van der Waals surface area (Å²) in [7, 11) is 1.25. The second kappa shape index (κ2) is 7.45. The number of aryl methyl sites for hydroxylation is 2. The third kappa shape index (κ3) is 4.01. The minimum absolute atomic E-state index is 0.209. The maximum atomic E-state index is 11.9. The van der Waals surface area contributed by atoms with Crippen molar-refractivity contribution in [1.29, 1.82) is 0 Å². The molecule has 7 heteroatoms. The molecular formula is C17H17NO6. The maximum Gasteiger partial charge on any atom is 0.342 e. The van der Waals surface area contributed by atoms with Crippen molar-refractivity contribution in [2.75, 3.05) is 19.0 Å². The Kier molecular flexibility index (Phi) is 5.36. The van der Waals surface area contributed by atoms with E-state index in [4.69, 9.17) is 9.15 Å². The van der Waals surface area contributed by atoms with E-state index >= 15 is 0 Å². The lowest BCUT2D eigenvalue weighted by Gasteiger charge is -2.09. The minimum Gasteiger partial charge on any atom is -0.466 e. The fourth-order valence-electron chi connectivity index (χ4n) is 2.11. The quantitative estimate of drug-likeness (QED) is 0.846. The van der Waals surface area contributed by atoms with Crippen LogP contribution in [0.1, 0.15) is 32.2 Å². The predicted octanol–water partition coefficient (Wildman–Crippen LogP) is 2.48. The van der Waals surface area contributed by atoms with Crippen molar-refractivity contribution in [3.8, 4) is 0 Å². The summed E-state index contributed by atoms with van der Waals surface area (Å²) in [6.45, 7) is 2.86. The van der Waals surface area contributed by atoms with E-state index in [0.29, 0.717) is 11.5 Å². The first-order valence-electron chi connectivity index (χ1n) is 7.13. The fourth-order valence-corrected chi connectivity index (χ4v) is 2.11. The minimum atomic E-state index is -0.652. The zero-order valence-electron chi connectivity index (χ0n) is 13.5. The lowest BCUT2D eigenvalue weighted by atomic mass is 10.2. The number of hydrogen-bond donors (Lipinski definition) is 1. The van der Waals surface area contributed by atoms with Gasteiger partial charge in [-0.1, -0.05) is 12.1 Å². The van der Waals surface area contributed by atoms with Crippen molar-refractivity contribution in [2.45, 2.75) is 13.8 Å². The zero-order valence-corrected chi connectivity index (χ0v) is 13.5. The van der Waals surface area contributed by atoms with Gasteiger partial charge in [-0.3, -0.25) is 4.79 Å². The number of methoxy groups -OCH3 is 1. The van der Waals surface area contributed by atoms with Crippen molar-refractivity contribution < 1.29 is 28.3 Å². The summed E-state index contributed by atoms with van der Waals surface area (Å²) in [6.07, 6.45) is 0. The molecule has 2 aromatic rings. The highest BCUT2D eigenvalue weighted by atomic mass is 16.5. The number of hydrogen-bond acceptors (Lipinski definition) is 6. The molecule has 2 rings (SSSR count). The van der Waals surface area contributed by atoms with Crippen molar-refractivity contribution in [1.82, 2.24) is 0 Å². The Labute approximate surface area is 138 Å². The van der Waals surface area contributed by atoms with E-state index in [9.17, 15) is 14.4 Å². The number of anilines is 1. The number of carbonyl (C=O) groups is 3. The van der Waals surface area contributed by atoms with Gasteiger partial charge in [0.1, 0.15) is 17.1 Å². The van der Waals surface area contributed by atoms with Crippen LogP contribution in [0.2, 0.25) is 0 Å². The number of esters is 2. The molecule has 0 saturated heterocycles. The molecule has 0 radical (unpaired) electrons. The summed E-state index contributed by atoms with van der Waals surface area (Å²) in [5, 5.41) is 2.51. The second-order valence-electron chi connectivity index (χ2n) is 4.99. The van der Waals surface area contributed by atoms with Crippen LogP contribution in [0, 0.1) is 13.8 Å². The molecule has 0 aliphatic rings. The SMILES string of the molecule is COC(=O)c1ccccc1NC(=O)COC(=O)c1cc(C)oc1C. The Balaban J connectivity index is 1.98. The van der Waals surface area contributed by atoms with Gasteiger partial charge in [0.2, 0.25) is 0 Å². The van der Waals surface area contributed by atoms with Crippen molar-refractivity contribution in [3.05, 3.63) is 53.0 Å². The van der Waals surface area contributed by atoms with Gasteiger partial charge in [0.05, 0.1) is 18.4 Å². The average molecular weight is 331 g/mol. The zero-order chi connectivity index (χ0) is 17.7. The summed E-state index contributed by atoms with van der Waals surface area (Å²) in [4.78, 5) is 35.5. The first kappa shape index (κ1) is 17.3. The van der Waals surface area contributed by atoms with Gasteiger partial charge < -0.3 is 19.2 Å². The van der Waals surface area contributed by atoms with Gasteiger partial charge in [-0.2, -0.15) is 0 Å². The summed E-state index contributed by atoms with van der Waals surface area (Å²) in [5.74, 6) is -0.796. The number of carbonyl (C=O) groups excluding carboxylic acids is 3. The number of rotatable bonds is 5. The van der Waals surface area contributed by atoms with Crippen LogP contribution in [-0.2, 0) is 14.3 Å². The highest BCUT2D eigenvalue weighted by molar-refractivity contribution is 6.02. The number of benzene rings is 1. The molecule has 1 heterocycles. The van der Waals surface area contributed by atoms with Gasteiger partial charge in [0.25, 0.3) is 5.91 Å². The van der Waals surface area contributed by atoms with Gasteiger partial charge in [-0.15, -0.1) is 0 Å². The average Bonchev–Trinajstić information content (AvgIpc) is 2.91. The molecule has 1 N–H and O–H groups in total. The molecule has 0 bridgehead atoms. The van der Waals surface area contributed by atoms with Crippen molar-refractivity contribution in [2.24, 2.45) is 0 Å². The predicted molar refractivity (Wildman–Crippen MR) is 84.9 cm³/mol. The van der Waals surface area contributed by atoms with Gasteiger partial charge in [0.15, 0.2) is 6.61 Å². The lowest BCUT2D eigenvalue weighted by molar-refractivity contribution is -0.119. The Morgan fingerprint density at radius 1 is 1.08 bits per heavy atom. The van der Waals surface area contributed by atoms with Gasteiger partial charge in [-0.25, -0.2) is 9.59 Å². The second-order valence-corrected chi connectivity index (χ2v) is 4.99. The Bertz CT molecular complexity index is 777. The summed E-state index contributed by atoms with van der Waals surface area (Å²) >= 11 is 0. The van der Waals surface area contributed by atoms with E-state index in [1.165, 1.54) is 13.2 Å². The van der Waals surface area contributed by atoms with Gasteiger partial charge in [-0.05, 0) is 32.0 Å². The maximum absolute atomic E-state index is 11.9. The first-order chi connectivity index (χ1) is 11.4. The number of ether oxygens (including phenoxy) is 2. The number of nitrogens with one attached hydrogen (secondary N) is 1. The normalized spacial score (nSPS) is 10.1. The van der Waals surface area contributed by atoms with E-state index in [1.54, 1.807) is 38.1 Å². The van der Waals surface area contributed by atoms with Gasteiger partial charge >= 0.3 is 11.9 Å². The van der Waals surface area contributed by atoms with Crippen molar-refractivity contribution in [3.63, 3.8) is 0 Å². The van der Waals surface area contributed by atoms with Gasteiger partial charge in [0, 0.05) is 0 Å². The van der Waals surface area contributed by atoms with E-state index in [1.807, 2.05) is 0 Å². The first-order valence-corrected chi connectivity index (χ1v) is 7.13. The van der Waals surface area contributed by atoms with Crippen LogP contribution in [0.4, 0.5) is 5.69 Å². The molecule has 1 aromatic heterocycles. The Hall–Kier alpha value is -3.09. The van der Waals surface area contributed by atoms with E-state index in [0.717, 1.165) is 0 Å². The molecule has 0 atom stereocenters. The monoisotopic (exact) mass is 331 g/mol. The number of furan rings is 1. The highest BCUT2D eigenvalue weighted by Crippen LogP contribution is 2.17. The molecule has 0 aliphatic carbocycles. The molecule has 0 saturated carbocycles. The molecule has 1 aromatic carbocycles. The molecule has 1 amide bonds. The highest BCUT2D eigenvalue weighted by Gasteiger charge is 2.17. The number of para-hydroxylation sites is 1. The largest absolute Gasteiger partial charge is 0.466 e. The topological polar surface area (TPSA) is 94.8 Å². The van der Waals surface area contributed by atoms with Crippen LogP contribution in [0.25, 0.3) is 0 Å². The number of amides is 1. The standard InChI is InChI=1S/C17H17NO6/c1-10-8-13(11(2)24-10)17(21)23-9-15(19)18-14-7-5-4-6-12(14)16(20)22-3/h4-8H,9H2,1-3H3,(H,18,19). The molecule has 0 spiro atoms. The van der Waals surface area contributed by atoms with Crippen LogP contribution in [0.15, 0.2) is 34.7 Å². The molecule has 0 fully saturated rings. The Morgan fingerprint density at radius 2 is 1.79 bits per heavy atom. The molecule has 7 nitrogen and oxygen atoms in total. The molecule has 0 aliphatic heterocycles. The van der Waals surface area contributed by atoms with Crippen LogP contribution < -0.4 is 5.32 Å². The third-order valence-electron chi connectivity index (χ3n) is 3.20. The van der Waals surface area contributed by atoms with Crippen LogP contribution in [0.3, 0.4) is 0 Å². The van der Waals surface area contributed by atoms with Crippen LogP contribution in [-0.4, -0.2) is 31.6 Å². The van der Waals surface area contributed by atoms with E-state index in [-0.39, 0.29) is 16.8 Å². The summed E-state index contributed by atoms with van der Waals surface area (Å²) in [5.41, 5.74) is 0.761. The molecular weight excluding hydrogens is 314 g/mol. The Morgan fingerprint density at radius 3 is 2.42 bits per heavy atom. The van der Waals surface area contributed by atoms with Crippen LogP contribution >= 0.6 is 0 Å². The van der Waals surface area contributed by atoms with Crippen LogP contribution in [0.5, 0.6) is 0 Å². The van der Waals surface area contributed by atoms with E-state index < -0.39 is 24.5 Å². The molecule has 0 unspecified atom stereocenters. The molecule has 126 valence electrons. The lowest BCUT2D eigenvalue weighted by Crippen LogP contribution is -2.22. The summed E-state index contributed by atoms with van der Waals surface area (Å²) < 4.78 is 14.8. The fraction of sp³-hybridized carbons (Fsp3) is 0.235. The summed E-state index contributed by atoms with van der Waals surface area (Å²) in [6, 6.07) is 7.92. The van der Waals surface area contributed by atoms with E-state index in [2.05, 4.69) is 10.1 Å². The third-order valence-corrected chi connectivity index (χ3v) is 3.20.